The zero-order chi connectivity index (χ0) is 14.7. The van der Waals surface area contributed by atoms with Crippen LogP contribution in [0.2, 0.25) is 0 Å². The van der Waals surface area contributed by atoms with Crippen LogP contribution in [-0.2, 0) is 4.79 Å². The van der Waals surface area contributed by atoms with Crippen molar-refractivity contribution >= 4 is 11.7 Å². The van der Waals surface area contributed by atoms with Crippen molar-refractivity contribution in [2.45, 2.75) is 20.8 Å². The minimum absolute atomic E-state index is 0.339. The quantitative estimate of drug-likeness (QED) is 0.856. The zero-order valence-electron chi connectivity index (χ0n) is 11.7. The van der Waals surface area contributed by atoms with Crippen LogP contribution in [0, 0.1) is 6.20 Å². The average Bonchev–Trinajstić information content (AvgIpc) is 2.43. The molecule has 0 unspecified atom stereocenters. The monoisotopic (exact) mass is 270 g/mol. The number of hydrogen-bond acceptors (Lipinski definition) is 3. The highest BCUT2D eigenvalue weighted by Crippen LogP contribution is 2.23. The predicted molar refractivity (Wildman–Crippen MR) is 76.9 cm³/mol. The summed E-state index contributed by atoms with van der Waals surface area (Å²) in [6, 6.07) is 7.23. The van der Waals surface area contributed by atoms with E-state index in [4.69, 9.17) is 9.84 Å². The van der Waals surface area contributed by atoms with E-state index in [0.717, 1.165) is 22.4 Å². The molecule has 0 bridgehead atoms. The minimum Gasteiger partial charge on any atom is -0.482 e. The molecule has 1 N–H and O–H groups in total. The average molecular weight is 270 g/mol. The van der Waals surface area contributed by atoms with Crippen LogP contribution in [0.25, 0.3) is 0 Å². The van der Waals surface area contributed by atoms with E-state index in [1.54, 1.807) is 12.1 Å². The van der Waals surface area contributed by atoms with Gasteiger partial charge in [-0.1, -0.05) is 4.99 Å². The first-order chi connectivity index (χ1) is 9.49. The Balaban J connectivity index is 2.21. The lowest BCUT2D eigenvalue weighted by molar-refractivity contribution is -0.139. The molecule has 4 nitrogen and oxygen atoms in total. The van der Waals surface area contributed by atoms with Crippen molar-refractivity contribution < 1.29 is 14.6 Å². The number of ether oxygens (including phenoxy) is 1. The summed E-state index contributed by atoms with van der Waals surface area (Å²) in [5.74, 6) is -0.461. The van der Waals surface area contributed by atoms with Crippen LogP contribution in [0.5, 0.6) is 5.75 Å². The van der Waals surface area contributed by atoms with Gasteiger partial charge in [0.2, 0.25) is 0 Å². The fraction of sp³-hybridized carbons (Fsp3) is 0.250. The summed E-state index contributed by atoms with van der Waals surface area (Å²) < 4.78 is 5.10. The van der Waals surface area contributed by atoms with Crippen molar-refractivity contribution in [2.24, 2.45) is 4.99 Å². The van der Waals surface area contributed by atoms with Gasteiger partial charge in [0.25, 0.3) is 0 Å². The molecule has 0 amide bonds. The van der Waals surface area contributed by atoms with E-state index in [1.807, 2.05) is 26.0 Å². The fourth-order valence-corrected chi connectivity index (χ4v) is 1.90. The van der Waals surface area contributed by atoms with Gasteiger partial charge in [0, 0.05) is 6.92 Å². The number of nitrogens with zero attached hydrogens (tertiary/aromatic N) is 1. The van der Waals surface area contributed by atoms with Gasteiger partial charge in [-0.25, -0.2) is 4.79 Å². The second kappa shape index (κ2) is 5.68. The van der Waals surface area contributed by atoms with Crippen LogP contribution in [0.15, 0.2) is 46.0 Å². The Morgan fingerprint density at radius 3 is 2.45 bits per heavy atom. The van der Waals surface area contributed by atoms with Crippen molar-refractivity contribution in [3.05, 3.63) is 52.7 Å². The highest BCUT2D eigenvalue weighted by Gasteiger charge is 2.23. The summed E-state index contributed by atoms with van der Waals surface area (Å²) in [7, 11) is 0. The fourth-order valence-electron chi connectivity index (χ4n) is 1.90. The van der Waals surface area contributed by atoms with Gasteiger partial charge in [0.1, 0.15) is 11.3 Å². The lowest BCUT2D eigenvalue weighted by Crippen LogP contribution is -2.10. The van der Waals surface area contributed by atoms with Gasteiger partial charge < -0.3 is 9.84 Å². The van der Waals surface area contributed by atoms with Crippen LogP contribution < -0.4 is 4.74 Å². The highest BCUT2D eigenvalue weighted by atomic mass is 16.5. The summed E-state index contributed by atoms with van der Waals surface area (Å²) in [4.78, 5) is 14.8. The Kier molecular flexibility index (Phi) is 3.97. The first-order valence-electron chi connectivity index (χ1n) is 6.29. The SMILES string of the molecule is CC1=[C+]N=C(c2ccc(OCC(=O)O)cc2)C(C)=C1C. The van der Waals surface area contributed by atoms with E-state index < -0.39 is 5.97 Å². The minimum atomic E-state index is -0.990. The Labute approximate surface area is 118 Å². The van der Waals surface area contributed by atoms with E-state index in [0.29, 0.717) is 5.75 Å². The maximum absolute atomic E-state index is 10.4. The molecule has 1 aliphatic heterocycles. The standard InChI is InChI=1S/C16H15NO3/c1-10-8-17-16(12(3)11(10)2)13-4-6-14(7-5-13)20-9-15(18)19/h4-7H,9H2,1-3H3/p+1. The van der Waals surface area contributed by atoms with Crippen molar-refractivity contribution in [3.63, 3.8) is 0 Å². The van der Waals surface area contributed by atoms with Crippen LogP contribution >= 0.6 is 0 Å². The number of carbonyl (C=O) groups is 1. The largest absolute Gasteiger partial charge is 0.482 e. The van der Waals surface area contributed by atoms with E-state index in [9.17, 15) is 4.79 Å². The van der Waals surface area contributed by atoms with Crippen LogP contribution in [-0.4, -0.2) is 23.4 Å². The lowest BCUT2D eigenvalue weighted by Gasteiger charge is -2.07. The van der Waals surface area contributed by atoms with Crippen LogP contribution in [0.1, 0.15) is 26.3 Å². The van der Waals surface area contributed by atoms with Crippen LogP contribution in [0.3, 0.4) is 0 Å². The first-order valence-corrected chi connectivity index (χ1v) is 6.29. The number of aliphatic imine (C=N–C) groups is 1. The summed E-state index contributed by atoms with van der Waals surface area (Å²) in [5, 5.41) is 8.56. The molecule has 0 aromatic heterocycles. The Hall–Kier alpha value is -2.45. The molecule has 1 aliphatic rings. The third-order valence-corrected chi connectivity index (χ3v) is 3.31. The van der Waals surface area contributed by atoms with Crippen molar-refractivity contribution in [1.82, 2.24) is 0 Å². The molecule has 102 valence electrons. The molecule has 2 rings (SSSR count). The number of hydrogen-bond donors (Lipinski definition) is 1. The number of rotatable bonds is 4. The molecule has 4 heteroatoms. The molecule has 20 heavy (non-hydrogen) atoms. The van der Waals surface area contributed by atoms with Gasteiger partial charge in [0.15, 0.2) is 18.5 Å². The molecule has 1 aromatic rings. The van der Waals surface area contributed by atoms with Crippen molar-refractivity contribution in [3.8, 4) is 5.75 Å². The maximum Gasteiger partial charge on any atom is 0.341 e. The van der Waals surface area contributed by atoms with Gasteiger partial charge in [-0.05, 0) is 38.1 Å². The molecule has 0 saturated heterocycles. The number of allylic oxidation sites excluding steroid dienone is 3. The van der Waals surface area contributed by atoms with Gasteiger partial charge in [-0.3, -0.25) is 0 Å². The van der Waals surface area contributed by atoms with Gasteiger partial charge in [-0.2, -0.15) is 0 Å². The second-order valence-corrected chi connectivity index (χ2v) is 4.65. The topological polar surface area (TPSA) is 58.9 Å². The van der Waals surface area contributed by atoms with E-state index in [1.165, 1.54) is 5.57 Å². The third kappa shape index (κ3) is 2.92. The Morgan fingerprint density at radius 2 is 1.85 bits per heavy atom. The smallest absolute Gasteiger partial charge is 0.341 e. The van der Waals surface area contributed by atoms with E-state index >= 15 is 0 Å². The molecule has 1 heterocycles. The maximum atomic E-state index is 10.4. The Bertz CT molecular complexity index is 622. The van der Waals surface area contributed by atoms with Crippen LogP contribution in [0.4, 0.5) is 0 Å². The molecule has 0 radical (unpaired) electrons. The molecule has 0 spiro atoms. The Morgan fingerprint density at radius 1 is 1.20 bits per heavy atom. The van der Waals surface area contributed by atoms with Crippen molar-refractivity contribution in [1.29, 1.82) is 0 Å². The van der Waals surface area contributed by atoms with Crippen molar-refractivity contribution in [2.75, 3.05) is 6.61 Å². The summed E-state index contributed by atoms with van der Waals surface area (Å²) in [6.07, 6.45) is 3.00. The van der Waals surface area contributed by atoms with E-state index in [2.05, 4.69) is 18.1 Å². The molecule has 0 atom stereocenters. The molecule has 1 aromatic carbocycles. The molecular weight excluding hydrogens is 254 g/mol. The summed E-state index contributed by atoms with van der Waals surface area (Å²) in [6.45, 7) is 5.74. The van der Waals surface area contributed by atoms with Gasteiger partial charge in [-0.15, -0.1) is 0 Å². The highest BCUT2D eigenvalue weighted by molar-refractivity contribution is 6.13. The lowest BCUT2D eigenvalue weighted by atomic mass is 9.94. The normalized spacial score (nSPS) is 14.3. The molecule has 0 aliphatic carbocycles. The predicted octanol–water partition coefficient (Wildman–Crippen LogP) is 3.00. The number of benzene rings is 1. The molecule has 0 fully saturated rings. The third-order valence-electron chi connectivity index (χ3n) is 3.31. The first kappa shape index (κ1) is 14.0. The molecular formula is C16H16NO3+. The zero-order valence-corrected chi connectivity index (χ0v) is 11.7. The molecule has 0 saturated carbocycles. The van der Waals surface area contributed by atoms with Gasteiger partial charge in [0.05, 0.1) is 16.7 Å². The van der Waals surface area contributed by atoms with Gasteiger partial charge >= 0.3 is 5.97 Å². The second-order valence-electron chi connectivity index (χ2n) is 4.65. The summed E-state index contributed by atoms with van der Waals surface area (Å²) >= 11 is 0. The van der Waals surface area contributed by atoms with E-state index in [-0.39, 0.29) is 6.61 Å². The number of aliphatic carboxylic acids is 1. The number of carboxylic acid groups (broad SMARTS) is 1. The number of carboxylic acids is 1. The summed E-state index contributed by atoms with van der Waals surface area (Å²) in [5.41, 5.74) is 5.21.